The van der Waals surface area contributed by atoms with Gasteiger partial charge in [-0.05, 0) is 51.3 Å². The van der Waals surface area contributed by atoms with Crippen LogP contribution >= 0.6 is 0 Å². The van der Waals surface area contributed by atoms with Crippen molar-refractivity contribution >= 4 is 0 Å². The summed E-state index contributed by atoms with van der Waals surface area (Å²) in [5.74, 6) is 0.935. The van der Waals surface area contributed by atoms with Gasteiger partial charge < -0.3 is 10.1 Å². The lowest BCUT2D eigenvalue weighted by molar-refractivity contribution is 0.292. The van der Waals surface area contributed by atoms with E-state index in [-0.39, 0.29) is 11.0 Å². The highest BCUT2D eigenvalue weighted by molar-refractivity contribution is 5.33. The summed E-state index contributed by atoms with van der Waals surface area (Å²) in [6, 6.07) is 8.67. The number of methoxy groups -OCH3 is 1. The lowest BCUT2D eigenvalue weighted by atomic mass is 9.73. The fourth-order valence-electron chi connectivity index (χ4n) is 3.03. The Morgan fingerprint density at radius 3 is 1.86 bits per heavy atom. The molecule has 0 saturated carbocycles. The Bertz CT molecular complexity index is 397. The summed E-state index contributed by atoms with van der Waals surface area (Å²) in [5.41, 5.74) is 1.81. The van der Waals surface area contributed by atoms with E-state index in [1.807, 2.05) is 0 Å². The van der Waals surface area contributed by atoms with Crippen molar-refractivity contribution in [2.24, 2.45) is 0 Å². The minimum atomic E-state index is 0.152. The molecule has 0 fully saturated rings. The van der Waals surface area contributed by atoms with Crippen molar-refractivity contribution in [2.45, 2.75) is 71.3 Å². The zero-order valence-corrected chi connectivity index (χ0v) is 14.8. The quantitative estimate of drug-likeness (QED) is 0.734. The molecule has 1 N–H and O–H groups in total. The van der Waals surface area contributed by atoms with E-state index in [1.54, 1.807) is 7.11 Å². The van der Waals surface area contributed by atoms with E-state index in [4.69, 9.17) is 4.74 Å². The minimum absolute atomic E-state index is 0.152. The lowest BCUT2D eigenvalue weighted by Gasteiger charge is -2.37. The number of hydrogen-bond donors (Lipinski definition) is 1. The summed E-state index contributed by atoms with van der Waals surface area (Å²) >= 11 is 0. The molecule has 0 spiro atoms. The molecule has 0 aliphatic rings. The smallest absolute Gasteiger partial charge is 0.118 e. The summed E-state index contributed by atoms with van der Waals surface area (Å²) < 4.78 is 5.30. The number of rotatable bonds is 8. The average molecular weight is 291 g/mol. The van der Waals surface area contributed by atoms with Gasteiger partial charge in [0.2, 0.25) is 0 Å². The second-order valence-corrected chi connectivity index (χ2v) is 7.11. The largest absolute Gasteiger partial charge is 0.497 e. The zero-order chi connectivity index (χ0) is 15.9. The summed E-state index contributed by atoms with van der Waals surface area (Å²) in [4.78, 5) is 0. The van der Waals surface area contributed by atoms with E-state index < -0.39 is 0 Å². The van der Waals surface area contributed by atoms with Crippen LogP contribution in [0.2, 0.25) is 0 Å². The Morgan fingerprint density at radius 2 is 1.48 bits per heavy atom. The molecular formula is C19H33NO. The molecule has 120 valence electrons. The van der Waals surface area contributed by atoms with Crippen molar-refractivity contribution < 1.29 is 4.74 Å². The van der Waals surface area contributed by atoms with Crippen LogP contribution in [0.4, 0.5) is 0 Å². The van der Waals surface area contributed by atoms with E-state index in [9.17, 15) is 0 Å². The van der Waals surface area contributed by atoms with Crippen molar-refractivity contribution in [2.75, 3.05) is 13.7 Å². The number of hydrogen-bond acceptors (Lipinski definition) is 2. The Balaban J connectivity index is 3.07. The van der Waals surface area contributed by atoms with Gasteiger partial charge in [0, 0.05) is 17.5 Å². The fraction of sp³-hybridized carbons (Fsp3) is 0.684. The predicted octanol–water partition coefficient (Wildman–Crippen LogP) is 4.92. The molecule has 21 heavy (non-hydrogen) atoms. The Labute approximate surface area is 131 Å². The van der Waals surface area contributed by atoms with Crippen molar-refractivity contribution in [1.29, 1.82) is 0 Å². The molecule has 0 bridgehead atoms. The van der Waals surface area contributed by atoms with E-state index in [0.29, 0.717) is 0 Å². The van der Waals surface area contributed by atoms with Gasteiger partial charge in [-0.15, -0.1) is 0 Å². The Morgan fingerprint density at radius 1 is 0.952 bits per heavy atom. The number of nitrogens with one attached hydrogen (secondary N) is 1. The molecule has 0 amide bonds. The zero-order valence-electron chi connectivity index (χ0n) is 14.8. The Kier molecular flexibility index (Phi) is 6.73. The van der Waals surface area contributed by atoms with E-state index in [2.05, 4.69) is 64.2 Å². The van der Waals surface area contributed by atoms with E-state index >= 15 is 0 Å². The van der Waals surface area contributed by atoms with Crippen LogP contribution in [0, 0.1) is 0 Å². The van der Waals surface area contributed by atoms with Gasteiger partial charge in [-0.1, -0.05) is 38.8 Å². The molecule has 0 aromatic heterocycles. The minimum Gasteiger partial charge on any atom is -0.497 e. The summed E-state index contributed by atoms with van der Waals surface area (Å²) in [7, 11) is 1.72. The maximum absolute atomic E-state index is 5.30. The highest BCUT2D eigenvalue weighted by Crippen LogP contribution is 2.35. The molecule has 0 radical (unpaired) electrons. The van der Waals surface area contributed by atoms with Crippen molar-refractivity contribution in [1.82, 2.24) is 5.32 Å². The van der Waals surface area contributed by atoms with Gasteiger partial charge in [-0.2, -0.15) is 0 Å². The third-order valence-corrected chi connectivity index (χ3v) is 4.12. The molecular weight excluding hydrogens is 258 g/mol. The van der Waals surface area contributed by atoms with Crippen LogP contribution in [0.15, 0.2) is 24.3 Å². The standard InChI is InChI=1S/C19H33NO/c1-7-13-19(14-8-2,15-20-18(3,4)5)16-9-11-17(21-6)12-10-16/h9-12,20H,7-8,13-15H2,1-6H3. The third-order valence-electron chi connectivity index (χ3n) is 4.12. The van der Waals surface area contributed by atoms with Gasteiger partial charge in [-0.3, -0.25) is 0 Å². The van der Waals surface area contributed by atoms with Crippen LogP contribution in [-0.4, -0.2) is 19.2 Å². The Hall–Kier alpha value is -1.02. The lowest BCUT2D eigenvalue weighted by Crippen LogP contribution is -2.46. The molecule has 0 aliphatic heterocycles. The van der Waals surface area contributed by atoms with Crippen LogP contribution in [0.25, 0.3) is 0 Å². The SMILES string of the molecule is CCCC(CCC)(CNC(C)(C)C)c1ccc(OC)cc1. The second-order valence-electron chi connectivity index (χ2n) is 7.11. The normalized spacial score (nSPS) is 12.5. The molecule has 0 unspecified atom stereocenters. The molecule has 0 atom stereocenters. The molecule has 1 aromatic carbocycles. The maximum Gasteiger partial charge on any atom is 0.118 e. The first-order valence-corrected chi connectivity index (χ1v) is 8.26. The monoisotopic (exact) mass is 291 g/mol. The number of benzene rings is 1. The fourth-order valence-corrected chi connectivity index (χ4v) is 3.03. The van der Waals surface area contributed by atoms with Gasteiger partial charge in [-0.25, -0.2) is 0 Å². The first-order valence-electron chi connectivity index (χ1n) is 8.26. The summed E-state index contributed by atoms with van der Waals surface area (Å²) in [6.45, 7) is 12.3. The van der Waals surface area contributed by atoms with Crippen LogP contribution < -0.4 is 10.1 Å². The summed E-state index contributed by atoms with van der Waals surface area (Å²) in [5, 5.41) is 3.73. The van der Waals surface area contributed by atoms with Crippen molar-refractivity contribution in [3.05, 3.63) is 29.8 Å². The van der Waals surface area contributed by atoms with Crippen LogP contribution in [0.5, 0.6) is 5.75 Å². The number of ether oxygens (including phenoxy) is 1. The van der Waals surface area contributed by atoms with Gasteiger partial charge in [0.05, 0.1) is 7.11 Å². The van der Waals surface area contributed by atoms with Crippen molar-refractivity contribution in [3.8, 4) is 5.75 Å². The van der Waals surface area contributed by atoms with E-state index in [1.165, 1.54) is 31.2 Å². The second kappa shape index (κ2) is 7.84. The summed E-state index contributed by atoms with van der Waals surface area (Å²) in [6.07, 6.45) is 4.85. The van der Waals surface area contributed by atoms with Gasteiger partial charge >= 0.3 is 0 Å². The van der Waals surface area contributed by atoms with Crippen LogP contribution in [0.1, 0.15) is 65.9 Å². The first kappa shape index (κ1) is 18.0. The van der Waals surface area contributed by atoms with Crippen LogP contribution in [0.3, 0.4) is 0 Å². The topological polar surface area (TPSA) is 21.3 Å². The predicted molar refractivity (Wildman–Crippen MR) is 92.2 cm³/mol. The third kappa shape index (κ3) is 5.35. The van der Waals surface area contributed by atoms with Gasteiger partial charge in [0.15, 0.2) is 0 Å². The molecule has 0 heterocycles. The molecule has 0 saturated heterocycles. The van der Waals surface area contributed by atoms with Gasteiger partial charge in [0.25, 0.3) is 0 Å². The molecule has 0 aliphatic carbocycles. The van der Waals surface area contributed by atoms with Crippen LogP contribution in [-0.2, 0) is 5.41 Å². The van der Waals surface area contributed by atoms with Gasteiger partial charge in [0.1, 0.15) is 5.75 Å². The molecule has 1 rings (SSSR count). The van der Waals surface area contributed by atoms with Crippen molar-refractivity contribution in [3.63, 3.8) is 0 Å². The molecule has 2 heteroatoms. The maximum atomic E-state index is 5.30. The first-order chi connectivity index (χ1) is 9.87. The molecule has 2 nitrogen and oxygen atoms in total. The van der Waals surface area contributed by atoms with E-state index in [0.717, 1.165) is 12.3 Å². The molecule has 1 aromatic rings. The highest BCUT2D eigenvalue weighted by Gasteiger charge is 2.31. The average Bonchev–Trinajstić information content (AvgIpc) is 2.44. The highest BCUT2D eigenvalue weighted by atomic mass is 16.5.